The number of benzene rings is 2. The Morgan fingerprint density at radius 2 is 1.63 bits per heavy atom. The van der Waals surface area contributed by atoms with Crippen molar-refractivity contribution in [3.05, 3.63) is 53.6 Å². The molecule has 4 N–H and O–H groups in total. The molecule has 0 heterocycles. The molecule has 0 radical (unpaired) electrons. The van der Waals surface area contributed by atoms with Crippen LogP contribution in [0.3, 0.4) is 0 Å². The molecule has 1 amide bonds. The third kappa shape index (κ3) is 7.97. The number of guanidine groups is 1. The summed E-state index contributed by atoms with van der Waals surface area (Å²) in [5, 5.41) is 18.5. The fourth-order valence-electron chi connectivity index (χ4n) is 2.56. The highest BCUT2D eigenvalue weighted by Gasteiger charge is 2.06. The summed E-state index contributed by atoms with van der Waals surface area (Å²) < 4.78 is 10.6. The van der Waals surface area contributed by atoms with Crippen LogP contribution in [-0.2, 0) is 6.54 Å². The van der Waals surface area contributed by atoms with Gasteiger partial charge in [-0.15, -0.1) is 24.0 Å². The third-order valence-corrected chi connectivity index (χ3v) is 4.04. The average Bonchev–Trinajstić information content (AvgIpc) is 2.74. The van der Waals surface area contributed by atoms with E-state index in [0.29, 0.717) is 42.7 Å². The Labute approximate surface area is 194 Å². The molecule has 0 aliphatic carbocycles. The molecule has 0 saturated heterocycles. The van der Waals surface area contributed by atoms with Gasteiger partial charge in [0.25, 0.3) is 5.91 Å². The number of phenols is 1. The lowest BCUT2D eigenvalue weighted by Crippen LogP contribution is -2.41. The fourth-order valence-corrected chi connectivity index (χ4v) is 2.56. The van der Waals surface area contributed by atoms with Crippen LogP contribution in [0.15, 0.2) is 47.5 Å². The van der Waals surface area contributed by atoms with Crippen molar-refractivity contribution in [2.45, 2.75) is 13.5 Å². The number of aromatic hydroxyl groups is 1. The van der Waals surface area contributed by atoms with Gasteiger partial charge in [-0.1, -0.05) is 6.07 Å². The van der Waals surface area contributed by atoms with Crippen molar-refractivity contribution in [2.75, 3.05) is 33.9 Å². The molecular formula is C21H29IN4O4. The predicted molar refractivity (Wildman–Crippen MR) is 128 cm³/mol. The second-order valence-corrected chi connectivity index (χ2v) is 6.11. The molecule has 164 valence electrons. The highest BCUT2D eigenvalue weighted by Crippen LogP contribution is 2.27. The summed E-state index contributed by atoms with van der Waals surface area (Å²) in [7, 11) is 3.20. The lowest BCUT2D eigenvalue weighted by Gasteiger charge is -2.12. The van der Waals surface area contributed by atoms with Crippen LogP contribution in [0.1, 0.15) is 22.8 Å². The van der Waals surface area contributed by atoms with E-state index < -0.39 is 0 Å². The van der Waals surface area contributed by atoms with E-state index in [1.54, 1.807) is 26.4 Å². The number of carbonyl (C=O) groups excluding carboxylic acids is 1. The molecule has 9 heteroatoms. The van der Waals surface area contributed by atoms with Crippen molar-refractivity contribution in [1.29, 1.82) is 0 Å². The van der Waals surface area contributed by atoms with Gasteiger partial charge in [-0.2, -0.15) is 0 Å². The van der Waals surface area contributed by atoms with E-state index in [-0.39, 0.29) is 35.6 Å². The molecular weight excluding hydrogens is 499 g/mol. The normalized spacial score (nSPS) is 10.6. The number of hydrogen-bond acceptors (Lipinski definition) is 5. The lowest BCUT2D eigenvalue weighted by atomic mass is 10.2. The maximum atomic E-state index is 12.1. The molecule has 2 rings (SSSR count). The van der Waals surface area contributed by atoms with Crippen LogP contribution < -0.4 is 25.4 Å². The Hall–Kier alpha value is -2.69. The predicted octanol–water partition coefficient (Wildman–Crippen LogP) is 2.51. The third-order valence-electron chi connectivity index (χ3n) is 4.04. The number of aliphatic imine (C=N–C) groups is 1. The molecule has 8 nitrogen and oxygen atoms in total. The van der Waals surface area contributed by atoms with Crippen LogP contribution in [-0.4, -0.2) is 50.8 Å². The minimum Gasteiger partial charge on any atom is -0.508 e. The van der Waals surface area contributed by atoms with Crippen molar-refractivity contribution in [3.8, 4) is 17.2 Å². The number of halogens is 1. The van der Waals surface area contributed by atoms with Crippen LogP contribution in [0.25, 0.3) is 0 Å². The van der Waals surface area contributed by atoms with Crippen molar-refractivity contribution in [1.82, 2.24) is 16.0 Å². The number of ether oxygens (including phenoxy) is 2. The Morgan fingerprint density at radius 3 is 2.27 bits per heavy atom. The lowest BCUT2D eigenvalue weighted by molar-refractivity contribution is 0.0954. The molecule has 2 aromatic carbocycles. The minimum absolute atomic E-state index is 0. The number of amides is 1. The first kappa shape index (κ1) is 25.3. The topological polar surface area (TPSA) is 104 Å². The number of nitrogens with one attached hydrogen (secondary N) is 3. The van der Waals surface area contributed by atoms with Gasteiger partial charge in [-0.05, 0) is 48.9 Å². The van der Waals surface area contributed by atoms with Crippen LogP contribution in [0.5, 0.6) is 17.2 Å². The maximum absolute atomic E-state index is 12.1. The van der Waals surface area contributed by atoms with E-state index in [1.165, 1.54) is 12.1 Å². The van der Waals surface area contributed by atoms with Crippen molar-refractivity contribution < 1.29 is 19.4 Å². The zero-order valence-electron chi connectivity index (χ0n) is 17.4. The van der Waals surface area contributed by atoms with Crippen molar-refractivity contribution in [2.24, 2.45) is 4.99 Å². The molecule has 0 fully saturated rings. The quantitative estimate of drug-likeness (QED) is 0.173. The molecule has 0 spiro atoms. The number of rotatable bonds is 9. The molecule has 0 aromatic heterocycles. The van der Waals surface area contributed by atoms with Gasteiger partial charge in [0.2, 0.25) is 0 Å². The Kier molecular flexibility index (Phi) is 11.4. The van der Waals surface area contributed by atoms with Crippen LogP contribution >= 0.6 is 24.0 Å². The summed E-state index contributed by atoms with van der Waals surface area (Å²) in [6.45, 7) is 4.12. The van der Waals surface area contributed by atoms with Crippen LogP contribution in [0.2, 0.25) is 0 Å². The number of methoxy groups -OCH3 is 2. The summed E-state index contributed by atoms with van der Waals surface area (Å²) in [5.74, 6) is 1.93. The van der Waals surface area contributed by atoms with E-state index in [0.717, 1.165) is 12.1 Å². The number of hydrogen-bond donors (Lipinski definition) is 4. The largest absolute Gasteiger partial charge is 0.508 e. The molecule has 0 saturated carbocycles. The molecule has 2 aromatic rings. The van der Waals surface area contributed by atoms with E-state index in [4.69, 9.17) is 9.47 Å². The Morgan fingerprint density at radius 1 is 0.967 bits per heavy atom. The van der Waals surface area contributed by atoms with Gasteiger partial charge in [0.15, 0.2) is 17.5 Å². The molecule has 30 heavy (non-hydrogen) atoms. The van der Waals surface area contributed by atoms with E-state index in [1.807, 2.05) is 25.1 Å². The van der Waals surface area contributed by atoms with Gasteiger partial charge < -0.3 is 30.5 Å². The summed E-state index contributed by atoms with van der Waals surface area (Å²) in [6.07, 6.45) is 0. The Bertz CT molecular complexity index is 828. The highest BCUT2D eigenvalue weighted by atomic mass is 127. The SMILES string of the molecule is CCNC(=NCc1ccc(OC)c(OC)c1)NCCNC(=O)c1ccc(O)cc1.I. The van der Waals surface area contributed by atoms with Crippen LogP contribution in [0, 0.1) is 0 Å². The standard InChI is InChI=1S/C21H28N4O4.HI/c1-4-22-21(25-14-15-5-10-18(28-2)19(13-15)29-3)24-12-11-23-20(27)16-6-8-17(26)9-7-16;/h5-10,13,26H,4,11-12,14H2,1-3H3,(H,23,27)(H2,22,24,25);1H. The first-order valence-electron chi connectivity index (χ1n) is 9.37. The number of nitrogens with zero attached hydrogens (tertiary/aromatic N) is 1. The molecule has 0 unspecified atom stereocenters. The van der Waals surface area contributed by atoms with Gasteiger partial charge in [0, 0.05) is 25.2 Å². The smallest absolute Gasteiger partial charge is 0.251 e. The monoisotopic (exact) mass is 528 g/mol. The van der Waals surface area contributed by atoms with Gasteiger partial charge in [0.1, 0.15) is 5.75 Å². The van der Waals surface area contributed by atoms with E-state index >= 15 is 0 Å². The van der Waals surface area contributed by atoms with E-state index in [9.17, 15) is 9.90 Å². The van der Waals surface area contributed by atoms with Gasteiger partial charge >= 0.3 is 0 Å². The molecule has 0 aliphatic heterocycles. The number of phenolic OH excluding ortho intramolecular Hbond substituents is 1. The van der Waals surface area contributed by atoms with Gasteiger partial charge in [-0.3, -0.25) is 4.79 Å². The zero-order valence-corrected chi connectivity index (χ0v) is 19.7. The van der Waals surface area contributed by atoms with Gasteiger partial charge in [0.05, 0.1) is 20.8 Å². The fraction of sp³-hybridized carbons (Fsp3) is 0.333. The van der Waals surface area contributed by atoms with Crippen molar-refractivity contribution >= 4 is 35.8 Å². The minimum atomic E-state index is -0.195. The van der Waals surface area contributed by atoms with Gasteiger partial charge in [-0.25, -0.2) is 4.99 Å². The summed E-state index contributed by atoms with van der Waals surface area (Å²) >= 11 is 0. The maximum Gasteiger partial charge on any atom is 0.251 e. The molecule has 0 bridgehead atoms. The summed E-state index contributed by atoms with van der Waals surface area (Å²) in [5.41, 5.74) is 1.48. The van der Waals surface area contributed by atoms with E-state index in [2.05, 4.69) is 20.9 Å². The highest BCUT2D eigenvalue weighted by molar-refractivity contribution is 14.0. The molecule has 0 atom stereocenters. The molecule has 0 aliphatic rings. The summed E-state index contributed by atoms with van der Waals surface area (Å²) in [6, 6.07) is 11.8. The zero-order chi connectivity index (χ0) is 21.1. The van der Waals surface area contributed by atoms with Crippen LogP contribution in [0.4, 0.5) is 0 Å². The first-order chi connectivity index (χ1) is 14.1. The first-order valence-corrected chi connectivity index (χ1v) is 9.37. The number of carbonyl (C=O) groups is 1. The second-order valence-electron chi connectivity index (χ2n) is 6.11. The second kappa shape index (κ2) is 13.5. The Balaban J connectivity index is 0.00000450. The average molecular weight is 528 g/mol. The summed E-state index contributed by atoms with van der Waals surface area (Å²) in [4.78, 5) is 16.6. The van der Waals surface area contributed by atoms with Crippen molar-refractivity contribution in [3.63, 3.8) is 0 Å².